The Balaban J connectivity index is 1.51. The normalized spacial score (nSPS) is 20.8. The number of carbonyl (C=O) groups excluding carboxylic acids is 2. The largest absolute Gasteiger partial charge is 0.366 e. The number of piperazine rings is 1. The molecule has 5 nitrogen and oxygen atoms in total. The average molecular weight is 347 g/mol. The predicted octanol–water partition coefficient (Wildman–Crippen LogP) is 2.07. The van der Waals surface area contributed by atoms with Crippen LogP contribution in [0, 0.1) is 11.7 Å². The lowest BCUT2D eigenvalue weighted by Gasteiger charge is -2.36. The third kappa shape index (κ3) is 4.37. The summed E-state index contributed by atoms with van der Waals surface area (Å²) in [4.78, 5) is 27.5. The van der Waals surface area contributed by atoms with Crippen LogP contribution in [0.5, 0.6) is 0 Å². The summed E-state index contributed by atoms with van der Waals surface area (Å²) in [5.41, 5.74) is 0.894. The van der Waals surface area contributed by atoms with Crippen molar-refractivity contribution in [2.75, 3.05) is 44.2 Å². The van der Waals surface area contributed by atoms with E-state index in [0.29, 0.717) is 49.8 Å². The van der Waals surface area contributed by atoms with Crippen molar-refractivity contribution in [3.63, 3.8) is 0 Å². The first-order valence-electron chi connectivity index (χ1n) is 9.08. The summed E-state index contributed by atoms with van der Waals surface area (Å²) in [6.07, 6.45) is 2.72. The molecule has 6 heteroatoms. The molecule has 1 unspecified atom stereocenters. The molecule has 0 saturated carbocycles. The van der Waals surface area contributed by atoms with Crippen molar-refractivity contribution in [3.8, 4) is 0 Å². The zero-order valence-electron chi connectivity index (χ0n) is 14.8. The minimum atomic E-state index is -0.374. The van der Waals surface area contributed by atoms with Crippen molar-refractivity contribution < 1.29 is 14.0 Å². The summed E-state index contributed by atoms with van der Waals surface area (Å²) in [6.45, 7) is 5.99. The summed E-state index contributed by atoms with van der Waals surface area (Å²) >= 11 is 0. The molecule has 1 aromatic rings. The Morgan fingerprint density at radius 3 is 2.60 bits per heavy atom. The van der Waals surface area contributed by atoms with E-state index in [1.165, 1.54) is 13.0 Å². The smallest absolute Gasteiger partial charge is 0.222 e. The molecule has 2 aliphatic heterocycles. The van der Waals surface area contributed by atoms with Gasteiger partial charge in [0.15, 0.2) is 5.78 Å². The highest BCUT2D eigenvalue weighted by Gasteiger charge is 2.24. The molecule has 0 aromatic heterocycles. The summed E-state index contributed by atoms with van der Waals surface area (Å²) in [5.74, 6) is 0.317. The number of nitrogens with one attached hydrogen (secondary N) is 1. The number of amides is 1. The average Bonchev–Trinajstić information content (AvgIpc) is 3.13. The van der Waals surface area contributed by atoms with Crippen LogP contribution in [0.1, 0.15) is 36.5 Å². The van der Waals surface area contributed by atoms with Gasteiger partial charge >= 0.3 is 0 Å². The van der Waals surface area contributed by atoms with Gasteiger partial charge in [0.1, 0.15) is 5.82 Å². The SMILES string of the molecule is CC(=O)c1ccc(N2CCN(C(=O)CCC3CCNC3)CC2)c(F)c1. The molecule has 0 spiro atoms. The van der Waals surface area contributed by atoms with Crippen LogP contribution in [0.2, 0.25) is 0 Å². The van der Waals surface area contributed by atoms with E-state index in [-0.39, 0.29) is 17.5 Å². The van der Waals surface area contributed by atoms with Gasteiger partial charge in [-0.2, -0.15) is 0 Å². The van der Waals surface area contributed by atoms with Gasteiger partial charge in [-0.1, -0.05) is 0 Å². The van der Waals surface area contributed by atoms with Crippen LogP contribution < -0.4 is 10.2 Å². The second kappa shape index (κ2) is 7.95. The number of hydrogen-bond acceptors (Lipinski definition) is 4. The fourth-order valence-corrected chi connectivity index (χ4v) is 3.63. The molecule has 1 aromatic carbocycles. The van der Waals surface area contributed by atoms with Gasteiger partial charge in [0.05, 0.1) is 5.69 Å². The number of anilines is 1. The summed E-state index contributed by atoms with van der Waals surface area (Å²) in [7, 11) is 0. The van der Waals surface area contributed by atoms with Crippen LogP contribution in [0.15, 0.2) is 18.2 Å². The number of benzene rings is 1. The number of hydrogen-bond donors (Lipinski definition) is 1. The number of ketones is 1. The zero-order chi connectivity index (χ0) is 17.8. The van der Waals surface area contributed by atoms with Crippen molar-refractivity contribution in [2.24, 2.45) is 5.92 Å². The number of carbonyl (C=O) groups is 2. The fraction of sp³-hybridized carbons (Fsp3) is 0.579. The van der Waals surface area contributed by atoms with Crippen molar-refractivity contribution >= 4 is 17.4 Å². The maximum atomic E-state index is 14.3. The van der Waals surface area contributed by atoms with Crippen LogP contribution in [0.25, 0.3) is 0 Å². The maximum Gasteiger partial charge on any atom is 0.222 e. The highest BCUT2D eigenvalue weighted by Crippen LogP contribution is 2.23. The Bertz CT molecular complexity index is 636. The number of rotatable bonds is 5. The van der Waals surface area contributed by atoms with Crippen molar-refractivity contribution in [1.29, 1.82) is 0 Å². The third-order valence-electron chi connectivity index (χ3n) is 5.26. The molecule has 1 atom stereocenters. The monoisotopic (exact) mass is 347 g/mol. The summed E-state index contributed by atoms with van der Waals surface area (Å²) < 4.78 is 14.3. The van der Waals surface area contributed by atoms with E-state index in [9.17, 15) is 14.0 Å². The standard InChI is InChI=1S/C19H26FN3O2/c1-14(24)16-3-4-18(17(20)12-16)22-8-10-23(11-9-22)19(25)5-2-15-6-7-21-13-15/h3-4,12,15,21H,2,5-11,13H2,1H3. The van der Waals surface area contributed by atoms with E-state index >= 15 is 0 Å². The first-order valence-corrected chi connectivity index (χ1v) is 9.08. The van der Waals surface area contributed by atoms with E-state index < -0.39 is 0 Å². The molecule has 1 amide bonds. The van der Waals surface area contributed by atoms with Crippen LogP contribution in [0.4, 0.5) is 10.1 Å². The van der Waals surface area contributed by atoms with Crippen molar-refractivity contribution in [2.45, 2.75) is 26.2 Å². The van der Waals surface area contributed by atoms with Crippen molar-refractivity contribution in [1.82, 2.24) is 10.2 Å². The highest BCUT2D eigenvalue weighted by molar-refractivity contribution is 5.94. The van der Waals surface area contributed by atoms with Gasteiger partial charge in [0, 0.05) is 38.2 Å². The minimum Gasteiger partial charge on any atom is -0.366 e. The van der Waals surface area contributed by atoms with Crippen LogP contribution in [-0.2, 0) is 4.79 Å². The Morgan fingerprint density at radius 1 is 1.24 bits per heavy atom. The fourth-order valence-electron chi connectivity index (χ4n) is 3.63. The Labute approximate surface area is 148 Å². The topological polar surface area (TPSA) is 52.7 Å². The Morgan fingerprint density at radius 2 is 2.00 bits per heavy atom. The molecule has 3 rings (SSSR count). The van der Waals surface area contributed by atoms with Crippen LogP contribution >= 0.6 is 0 Å². The van der Waals surface area contributed by atoms with Gasteiger partial charge in [0.25, 0.3) is 0 Å². The van der Waals surface area contributed by atoms with Crippen molar-refractivity contribution in [3.05, 3.63) is 29.6 Å². The van der Waals surface area contributed by atoms with Crippen LogP contribution in [0.3, 0.4) is 0 Å². The molecule has 0 bridgehead atoms. The Hall–Kier alpha value is -1.95. The van der Waals surface area contributed by atoms with Gasteiger partial charge in [-0.05, 0) is 57.0 Å². The Kier molecular flexibility index (Phi) is 5.68. The maximum absolute atomic E-state index is 14.3. The second-order valence-corrected chi connectivity index (χ2v) is 6.99. The molecule has 2 aliphatic rings. The number of Topliss-reactive ketones (excluding diaryl/α,β-unsaturated/α-hetero) is 1. The van der Waals surface area contributed by atoms with E-state index in [0.717, 1.165) is 25.9 Å². The molecule has 2 fully saturated rings. The number of nitrogens with zero attached hydrogens (tertiary/aromatic N) is 2. The lowest BCUT2D eigenvalue weighted by molar-refractivity contribution is -0.131. The van der Waals surface area contributed by atoms with E-state index in [1.807, 2.05) is 9.80 Å². The first kappa shape index (κ1) is 17.9. The predicted molar refractivity (Wildman–Crippen MR) is 95.4 cm³/mol. The van der Waals surface area contributed by atoms with E-state index in [1.54, 1.807) is 12.1 Å². The highest BCUT2D eigenvalue weighted by atomic mass is 19.1. The molecule has 25 heavy (non-hydrogen) atoms. The quantitative estimate of drug-likeness (QED) is 0.829. The number of halogens is 1. The van der Waals surface area contributed by atoms with Gasteiger partial charge in [-0.25, -0.2) is 4.39 Å². The molecule has 2 saturated heterocycles. The van der Waals surface area contributed by atoms with Gasteiger partial charge < -0.3 is 15.1 Å². The first-order chi connectivity index (χ1) is 12.0. The summed E-state index contributed by atoms with van der Waals surface area (Å²) in [5, 5.41) is 3.33. The molecule has 136 valence electrons. The van der Waals surface area contributed by atoms with Crippen LogP contribution in [-0.4, -0.2) is 55.9 Å². The molecular weight excluding hydrogens is 321 g/mol. The second-order valence-electron chi connectivity index (χ2n) is 6.99. The summed E-state index contributed by atoms with van der Waals surface area (Å²) in [6, 6.07) is 4.62. The third-order valence-corrected chi connectivity index (χ3v) is 5.26. The minimum absolute atomic E-state index is 0.140. The van der Waals surface area contributed by atoms with E-state index in [4.69, 9.17) is 0 Å². The lowest BCUT2D eigenvalue weighted by atomic mass is 10.0. The molecule has 2 heterocycles. The molecule has 1 N–H and O–H groups in total. The molecule has 0 radical (unpaired) electrons. The van der Waals surface area contributed by atoms with E-state index in [2.05, 4.69) is 5.32 Å². The molecule has 0 aliphatic carbocycles. The molecular formula is C19H26FN3O2. The van der Waals surface area contributed by atoms with Gasteiger partial charge in [0.2, 0.25) is 5.91 Å². The van der Waals surface area contributed by atoms with Gasteiger partial charge in [-0.3, -0.25) is 9.59 Å². The van der Waals surface area contributed by atoms with Gasteiger partial charge in [-0.15, -0.1) is 0 Å². The lowest BCUT2D eigenvalue weighted by Crippen LogP contribution is -2.49. The zero-order valence-corrected chi connectivity index (χ0v) is 14.8.